The van der Waals surface area contributed by atoms with Gasteiger partial charge in [-0.05, 0) is 19.1 Å². The van der Waals surface area contributed by atoms with Gasteiger partial charge in [0.05, 0.1) is 0 Å². The quantitative estimate of drug-likeness (QED) is 0.560. The second-order valence-corrected chi connectivity index (χ2v) is 3.23. The van der Waals surface area contributed by atoms with E-state index in [2.05, 4.69) is 11.6 Å². The van der Waals surface area contributed by atoms with Gasteiger partial charge < -0.3 is 4.74 Å². The van der Waals surface area contributed by atoms with Gasteiger partial charge in [0.25, 0.3) is 0 Å². The molecule has 15 heavy (non-hydrogen) atoms. The van der Waals surface area contributed by atoms with Crippen LogP contribution in [-0.4, -0.2) is 11.0 Å². The molecule has 1 unspecified atom stereocenters. The molecule has 1 heterocycles. The topological polar surface area (TPSA) is 39.2 Å². The molecule has 1 atom stereocenters. The van der Waals surface area contributed by atoms with Crippen molar-refractivity contribution in [1.82, 2.24) is 4.98 Å². The average Bonchev–Trinajstić information content (AvgIpc) is 2.27. The zero-order chi connectivity index (χ0) is 11.3. The highest BCUT2D eigenvalue weighted by atomic mass is 16.5. The van der Waals surface area contributed by atoms with E-state index in [4.69, 9.17) is 4.74 Å². The lowest BCUT2D eigenvalue weighted by Gasteiger charge is -2.13. The fourth-order valence-electron chi connectivity index (χ4n) is 1.12. The first kappa shape index (κ1) is 11.4. The van der Waals surface area contributed by atoms with Crippen LogP contribution in [0.15, 0.2) is 31.0 Å². The van der Waals surface area contributed by atoms with Crippen LogP contribution in [0.3, 0.4) is 0 Å². The highest BCUT2D eigenvalue weighted by Gasteiger charge is 2.11. The summed E-state index contributed by atoms with van der Waals surface area (Å²) >= 11 is 0. The van der Waals surface area contributed by atoms with Gasteiger partial charge in [0, 0.05) is 23.9 Å². The summed E-state index contributed by atoms with van der Waals surface area (Å²) in [6.45, 7) is 7.31. The molecule has 0 radical (unpaired) electrons. The zero-order valence-corrected chi connectivity index (χ0v) is 9.06. The molecule has 0 aromatic carbocycles. The van der Waals surface area contributed by atoms with Crippen molar-refractivity contribution >= 4 is 5.97 Å². The van der Waals surface area contributed by atoms with Gasteiger partial charge in [0.2, 0.25) is 0 Å². The molecule has 0 bridgehead atoms. The molecule has 0 fully saturated rings. The van der Waals surface area contributed by atoms with Crippen LogP contribution in [-0.2, 0) is 9.53 Å². The van der Waals surface area contributed by atoms with E-state index in [1.807, 2.05) is 19.1 Å². The van der Waals surface area contributed by atoms with E-state index in [9.17, 15) is 4.79 Å². The zero-order valence-electron chi connectivity index (χ0n) is 9.06. The maximum atomic E-state index is 11.1. The summed E-state index contributed by atoms with van der Waals surface area (Å²) in [6.07, 6.45) is 3.26. The van der Waals surface area contributed by atoms with E-state index >= 15 is 0 Å². The van der Waals surface area contributed by atoms with Crippen LogP contribution < -0.4 is 0 Å². The van der Waals surface area contributed by atoms with E-state index in [1.54, 1.807) is 19.2 Å². The Morgan fingerprint density at radius 1 is 1.67 bits per heavy atom. The molecular weight excluding hydrogens is 190 g/mol. The van der Waals surface area contributed by atoms with E-state index in [0.29, 0.717) is 6.42 Å². The van der Waals surface area contributed by atoms with Crippen LogP contribution in [0.25, 0.3) is 0 Å². The third-order valence-electron chi connectivity index (χ3n) is 2.02. The number of hydrogen-bond acceptors (Lipinski definition) is 3. The molecule has 3 heteroatoms. The molecule has 0 N–H and O–H groups in total. The third kappa shape index (κ3) is 3.20. The minimum atomic E-state index is -0.398. The lowest BCUT2D eigenvalue weighted by atomic mass is 10.1. The lowest BCUT2D eigenvalue weighted by molar-refractivity contribution is -0.146. The number of esters is 1. The summed E-state index contributed by atoms with van der Waals surface area (Å²) < 4.78 is 5.18. The summed E-state index contributed by atoms with van der Waals surface area (Å²) in [4.78, 5) is 15.3. The number of aromatic nitrogens is 1. The molecule has 80 valence electrons. The van der Waals surface area contributed by atoms with Gasteiger partial charge in [-0.15, -0.1) is 0 Å². The van der Waals surface area contributed by atoms with E-state index in [-0.39, 0.29) is 5.97 Å². The summed E-state index contributed by atoms with van der Waals surface area (Å²) in [5, 5.41) is 0. The molecule has 1 rings (SSSR count). The average molecular weight is 205 g/mol. The van der Waals surface area contributed by atoms with Gasteiger partial charge >= 0.3 is 5.97 Å². The minimum Gasteiger partial charge on any atom is -0.453 e. The highest BCUT2D eigenvalue weighted by Crippen LogP contribution is 2.18. The van der Waals surface area contributed by atoms with E-state index in [0.717, 1.165) is 11.3 Å². The lowest BCUT2D eigenvalue weighted by Crippen LogP contribution is -2.08. The number of rotatable bonds is 4. The number of pyridine rings is 1. The Morgan fingerprint density at radius 2 is 2.40 bits per heavy atom. The van der Waals surface area contributed by atoms with Gasteiger partial charge in [-0.25, -0.2) is 0 Å². The van der Waals surface area contributed by atoms with Crippen molar-refractivity contribution < 1.29 is 9.53 Å². The van der Waals surface area contributed by atoms with Crippen LogP contribution in [0.2, 0.25) is 0 Å². The molecule has 1 aromatic heterocycles. The summed E-state index contributed by atoms with van der Waals surface area (Å²) in [5.41, 5.74) is 1.78. The molecular formula is C12H15NO2. The van der Waals surface area contributed by atoms with Crippen LogP contribution in [0.5, 0.6) is 0 Å². The molecule has 0 saturated carbocycles. The van der Waals surface area contributed by atoms with Gasteiger partial charge in [-0.1, -0.05) is 19.6 Å². The second kappa shape index (κ2) is 5.29. The first-order valence-corrected chi connectivity index (χ1v) is 4.92. The fourth-order valence-corrected chi connectivity index (χ4v) is 1.12. The monoisotopic (exact) mass is 205 g/mol. The predicted molar refractivity (Wildman–Crippen MR) is 58.3 cm³/mol. The van der Waals surface area contributed by atoms with Gasteiger partial charge in [-0.2, -0.15) is 0 Å². The Balaban J connectivity index is 2.78. The van der Waals surface area contributed by atoms with Crippen molar-refractivity contribution in [2.24, 2.45) is 0 Å². The van der Waals surface area contributed by atoms with Crippen LogP contribution in [0.4, 0.5) is 0 Å². The predicted octanol–water partition coefficient (Wildman–Crippen LogP) is 2.57. The Hall–Kier alpha value is -1.64. The summed E-state index contributed by atoms with van der Waals surface area (Å²) in [5.74, 6) is -0.236. The minimum absolute atomic E-state index is 0.236. The van der Waals surface area contributed by atoms with Crippen molar-refractivity contribution in [1.29, 1.82) is 0 Å². The first-order chi connectivity index (χ1) is 7.17. The SMILES string of the molecule is C=CC(OC(=O)CC)c1ccc(C)nc1. The first-order valence-electron chi connectivity index (χ1n) is 4.92. The van der Waals surface area contributed by atoms with Crippen molar-refractivity contribution in [2.75, 3.05) is 0 Å². The number of aryl methyl sites for hydroxylation is 1. The van der Waals surface area contributed by atoms with Crippen molar-refractivity contribution in [3.63, 3.8) is 0 Å². The molecule has 0 aliphatic heterocycles. The van der Waals surface area contributed by atoms with Crippen molar-refractivity contribution in [3.05, 3.63) is 42.2 Å². The fraction of sp³-hybridized carbons (Fsp3) is 0.333. The molecule has 1 aromatic rings. The molecule has 0 aliphatic carbocycles. The standard InChI is InChI=1S/C12H15NO2/c1-4-11(15-12(14)5-2)10-7-6-9(3)13-8-10/h4,6-8,11H,1,5H2,2-3H3. The highest BCUT2D eigenvalue weighted by molar-refractivity contribution is 5.69. The van der Waals surface area contributed by atoms with Gasteiger partial charge in [-0.3, -0.25) is 9.78 Å². The third-order valence-corrected chi connectivity index (χ3v) is 2.02. The Kier molecular flexibility index (Phi) is 4.03. The van der Waals surface area contributed by atoms with E-state index < -0.39 is 6.10 Å². The molecule has 3 nitrogen and oxygen atoms in total. The number of nitrogens with zero attached hydrogens (tertiary/aromatic N) is 1. The number of ether oxygens (including phenoxy) is 1. The maximum Gasteiger partial charge on any atom is 0.306 e. The molecule has 0 aliphatic rings. The van der Waals surface area contributed by atoms with E-state index in [1.165, 1.54) is 0 Å². The van der Waals surface area contributed by atoms with Crippen LogP contribution >= 0.6 is 0 Å². The van der Waals surface area contributed by atoms with Crippen molar-refractivity contribution in [3.8, 4) is 0 Å². The molecule has 0 saturated heterocycles. The Morgan fingerprint density at radius 3 is 2.87 bits per heavy atom. The number of hydrogen-bond donors (Lipinski definition) is 0. The van der Waals surface area contributed by atoms with Crippen molar-refractivity contribution in [2.45, 2.75) is 26.4 Å². The normalized spacial score (nSPS) is 11.9. The Bertz CT molecular complexity index is 343. The second-order valence-electron chi connectivity index (χ2n) is 3.23. The Labute approximate surface area is 89.8 Å². The molecule has 0 spiro atoms. The van der Waals surface area contributed by atoms with Crippen LogP contribution in [0, 0.1) is 6.92 Å². The maximum absolute atomic E-state index is 11.1. The smallest absolute Gasteiger partial charge is 0.306 e. The number of carbonyl (C=O) groups is 1. The summed E-state index contributed by atoms with van der Waals surface area (Å²) in [6, 6.07) is 3.77. The van der Waals surface area contributed by atoms with Gasteiger partial charge in [0.1, 0.15) is 6.10 Å². The van der Waals surface area contributed by atoms with Gasteiger partial charge in [0.15, 0.2) is 0 Å². The van der Waals surface area contributed by atoms with Crippen LogP contribution in [0.1, 0.15) is 30.7 Å². The summed E-state index contributed by atoms with van der Waals surface area (Å²) in [7, 11) is 0. The largest absolute Gasteiger partial charge is 0.453 e. The molecule has 0 amide bonds. The number of carbonyl (C=O) groups excluding carboxylic acids is 1.